The lowest BCUT2D eigenvalue weighted by molar-refractivity contribution is -0.0146. The summed E-state index contributed by atoms with van der Waals surface area (Å²) >= 11 is 0. The molecule has 0 saturated carbocycles. The maximum Gasteiger partial charge on any atom is 0.123 e. The lowest BCUT2D eigenvalue weighted by Crippen LogP contribution is -2.42. The van der Waals surface area contributed by atoms with Crippen LogP contribution in [-0.4, -0.2) is 29.2 Å². The van der Waals surface area contributed by atoms with Crippen LogP contribution in [0.5, 0.6) is 0 Å². The van der Waals surface area contributed by atoms with E-state index in [1.807, 2.05) is 32.7 Å². The van der Waals surface area contributed by atoms with E-state index < -0.39 is 5.60 Å². The van der Waals surface area contributed by atoms with E-state index in [0.717, 1.165) is 5.56 Å². The second-order valence-electron chi connectivity index (χ2n) is 5.31. The minimum Gasteiger partial charge on any atom is -0.389 e. The van der Waals surface area contributed by atoms with Crippen LogP contribution in [0.15, 0.2) is 24.3 Å². The lowest BCUT2D eigenvalue weighted by atomic mass is 9.92. The highest BCUT2D eigenvalue weighted by Gasteiger charge is 2.26. The zero-order chi connectivity index (χ0) is 13.1. The Bertz CT molecular complexity index is 346. The van der Waals surface area contributed by atoms with Crippen LogP contribution in [0.2, 0.25) is 0 Å². The molecule has 0 heterocycles. The number of benzene rings is 1. The first-order chi connectivity index (χ1) is 7.81. The molecule has 0 aliphatic rings. The standard InChI is InChI=1S/C14H22FNO/c1-11(2)14(3,17)10-16(4)9-12-5-7-13(15)8-6-12/h5-8,11,17H,9-10H2,1-4H3. The molecule has 1 aromatic carbocycles. The van der Waals surface area contributed by atoms with Gasteiger partial charge in [0.15, 0.2) is 0 Å². The van der Waals surface area contributed by atoms with Crippen molar-refractivity contribution < 1.29 is 9.50 Å². The van der Waals surface area contributed by atoms with Crippen molar-refractivity contribution in [3.63, 3.8) is 0 Å². The summed E-state index contributed by atoms with van der Waals surface area (Å²) in [5, 5.41) is 10.2. The SMILES string of the molecule is CC(C)C(C)(O)CN(C)Cc1ccc(F)cc1. The Labute approximate surface area is 103 Å². The fraction of sp³-hybridized carbons (Fsp3) is 0.571. The van der Waals surface area contributed by atoms with Gasteiger partial charge < -0.3 is 5.11 Å². The van der Waals surface area contributed by atoms with Crippen molar-refractivity contribution in [1.82, 2.24) is 4.90 Å². The summed E-state index contributed by atoms with van der Waals surface area (Å²) in [6, 6.07) is 6.47. The molecule has 0 bridgehead atoms. The monoisotopic (exact) mass is 239 g/mol. The maximum atomic E-state index is 12.7. The molecule has 0 saturated heterocycles. The van der Waals surface area contributed by atoms with Crippen molar-refractivity contribution in [2.45, 2.75) is 32.9 Å². The van der Waals surface area contributed by atoms with Gasteiger partial charge in [0.05, 0.1) is 5.60 Å². The normalized spacial score (nSPS) is 15.3. The van der Waals surface area contributed by atoms with E-state index >= 15 is 0 Å². The molecule has 0 amide bonds. The highest BCUT2D eigenvalue weighted by atomic mass is 19.1. The van der Waals surface area contributed by atoms with Crippen LogP contribution < -0.4 is 0 Å². The lowest BCUT2D eigenvalue weighted by Gasteiger charge is -2.32. The van der Waals surface area contributed by atoms with Gasteiger partial charge in [-0.25, -0.2) is 4.39 Å². The molecule has 1 aromatic rings. The van der Waals surface area contributed by atoms with Crippen molar-refractivity contribution in [2.24, 2.45) is 5.92 Å². The predicted octanol–water partition coefficient (Wildman–Crippen LogP) is 2.66. The van der Waals surface area contributed by atoms with Gasteiger partial charge in [-0.1, -0.05) is 26.0 Å². The highest BCUT2D eigenvalue weighted by Crippen LogP contribution is 2.18. The fourth-order valence-electron chi connectivity index (χ4n) is 1.69. The van der Waals surface area contributed by atoms with Crippen molar-refractivity contribution in [3.8, 4) is 0 Å². The van der Waals surface area contributed by atoms with Gasteiger partial charge in [-0.3, -0.25) is 4.90 Å². The van der Waals surface area contributed by atoms with E-state index in [9.17, 15) is 9.50 Å². The van der Waals surface area contributed by atoms with Gasteiger partial charge in [0.2, 0.25) is 0 Å². The van der Waals surface area contributed by atoms with Gasteiger partial charge in [-0.15, -0.1) is 0 Å². The first kappa shape index (κ1) is 14.1. The van der Waals surface area contributed by atoms with Crippen LogP contribution >= 0.6 is 0 Å². The van der Waals surface area contributed by atoms with Gasteiger partial charge in [-0.05, 0) is 37.6 Å². The minimum absolute atomic E-state index is 0.207. The first-order valence-corrected chi connectivity index (χ1v) is 5.96. The Morgan fingerprint density at radius 2 is 1.82 bits per heavy atom. The van der Waals surface area contributed by atoms with Crippen LogP contribution in [0.3, 0.4) is 0 Å². The molecule has 17 heavy (non-hydrogen) atoms. The van der Waals surface area contributed by atoms with Crippen molar-refractivity contribution in [3.05, 3.63) is 35.6 Å². The molecular weight excluding hydrogens is 217 g/mol. The number of likely N-dealkylation sites (N-methyl/N-ethyl adjacent to an activating group) is 1. The van der Waals surface area contributed by atoms with Crippen molar-refractivity contribution in [2.75, 3.05) is 13.6 Å². The number of halogens is 1. The summed E-state index contributed by atoms with van der Waals surface area (Å²) in [4.78, 5) is 2.05. The summed E-state index contributed by atoms with van der Waals surface area (Å²) in [6.07, 6.45) is 0. The molecule has 1 atom stereocenters. The van der Waals surface area contributed by atoms with E-state index in [1.54, 1.807) is 12.1 Å². The molecule has 1 rings (SSSR count). The average molecular weight is 239 g/mol. The second-order valence-corrected chi connectivity index (χ2v) is 5.31. The predicted molar refractivity (Wildman–Crippen MR) is 68.2 cm³/mol. The number of rotatable bonds is 5. The molecule has 1 N–H and O–H groups in total. The molecule has 0 aliphatic heterocycles. The van der Waals surface area contributed by atoms with Gasteiger partial charge in [0, 0.05) is 13.1 Å². The van der Waals surface area contributed by atoms with Gasteiger partial charge >= 0.3 is 0 Å². The molecule has 1 unspecified atom stereocenters. The molecule has 96 valence electrons. The van der Waals surface area contributed by atoms with Crippen molar-refractivity contribution >= 4 is 0 Å². The van der Waals surface area contributed by atoms with Crippen molar-refractivity contribution in [1.29, 1.82) is 0 Å². The number of aliphatic hydroxyl groups is 1. The van der Waals surface area contributed by atoms with E-state index in [1.165, 1.54) is 12.1 Å². The summed E-state index contributed by atoms with van der Waals surface area (Å²) in [5.74, 6) is -0.0104. The summed E-state index contributed by atoms with van der Waals surface area (Å²) in [7, 11) is 1.96. The smallest absolute Gasteiger partial charge is 0.123 e. The zero-order valence-electron chi connectivity index (χ0n) is 11.1. The maximum absolute atomic E-state index is 12.7. The zero-order valence-corrected chi connectivity index (χ0v) is 11.1. The number of nitrogens with zero attached hydrogens (tertiary/aromatic N) is 1. The molecule has 2 nitrogen and oxygen atoms in total. The van der Waals surface area contributed by atoms with Crippen LogP contribution in [0.25, 0.3) is 0 Å². The third-order valence-corrected chi connectivity index (χ3v) is 3.20. The Balaban J connectivity index is 2.55. The number of hydrogen-bond donors (Lipinski definition) is 1. The molecule has 3 heteroatoms. The largest absolute Gasteiger partial charge is 0.389 e. The molecule has 0 aromatic heterocycles. The Hall–Kier alpha value is -0.930. The third kappa shape index (κ3) is 4.44. The molecule has 0 aliphatic carbocycles. The molecule has 0 fully saturated rings. The number of hydrogen-bond acceptors (Lipinski definition) is 2. The van der Waals surface area contributed by atoms with Gasteiger partial charge in [0.25, 0.3) is 0 Å². The van der Waals surface area contributed by atoms with E-state index in [2.05, 4.69) is 0 Å². The second kappa shape index (κ2) is 5.61. The molecule has 0 spiro atoms. The van der Waals surface area contributed by atoms with Gasteiger partial charge in [0.1, 0.15) is 5.82 Å². The van der Waals surface area contributed by atoms with Gasteiger partial charge in [-0.2, -0.15) is 0 Å². The summed E-state index contributed by atoms with van der Waals surface area (Å²) < 4.78 is 12.7. The topological polar surface area (TPSA) is 23.5 Å². The summed E-state index contributed by atoms with van der Waals surface area (Å²) in [5.41, 5.74) is 0.350. The van der Waals surface area contributed by atoms with Crippen LogP contribution in [0.4, 0.5) is 4.39 Å². The van der Waals surface area contributed by atoms with Crippen LogP contribution in [-0.2, 0) is 6.54 Å². The van der Waals surface area contributed by atoms with Crippen LogP contribution in [0.1, 0.15) is 26.3 Å². The molecular formula is C14H22FNO. The average Bonchev–Trinajstić information content (AvgIpc) is 2.20. The Kier molecular flexibility index (Phi) is 4.66. The highest BCUT2D eigenvalue weighted by molar-refractivity contribution is 5.15. The fourth-order valence-corrected chi connectivity index (χ4v) is 1.69. The van der Waals surface area contributed by atoms with Crippen LogP contribution in [0, 0.1) is 11.7 Å². The first-order valence-electron chi connectivity index (χ1n) is 5.96. The molecule has 0 radical (unpaired) electrons. The van der Waals surface area contributed by atoms with E-state index in [0.29, 0.717) is 13.1 Å². The van der Waals surface area contributed by atoms with E-state index in [4.69, 9.17) is 0 Å². The Morgan fingerprint density at radius 1 is 1.29 bits per heavy atom. The quantitative estimate of drug-likeness (QED) is 0.854. The third-order valence-electron chi connectivity index (χ3n) is 3.20. The Morgan fingerprint density at radius 3 is 2.29 bits per heavy atom. The minimum atomic E-state index is -0.700. The van der Waals surface area contributed by atoms with E-state index in [-0.39, 0.29) is 11.7 Å². The summed E-state index contributed by atoms with van der Waals surface area (Å²) in [6.45, 7) is 7.17.